The van der Waals surface area contributed by atoms with E-state index in [4.69, 9.17) is 4.74 Å². The number of carbonyl (C=O) groups is 1. The van der Waals surface area contributed by atoms with Gasteiger partial charge in [0.05, 0.1) is 6.61 Å². The Balaban J connectivity index is 2.73. The van der Waals surface area contributed by atoms with Crippen LogP contribution in [0.5, 0.6) is 0 Å². The third-order valence-corrected chi connectivity index (χ3v) is 3.77. The molecule has 0 saturated carbocycles. The van der Waals surface area contributed by atoms with Gasteiger partial charge in [0, 0.05) is 19.3 Å². The summed E-state index contributed by atoms with van der Waals surface area (Å²) < 4.78 is 5.20. The zero-order chi connectivity index (χ0) is 15.9. The van der Waals surface area contributed by atoms with E-state index in [-0.39, 0.29) is 5.97 Å². The molecule has 0 amide bonds. The number of carbonyl (C=O) groups excluding carboxylic acids is 1. The lowest BCUT2D eigenvalue weighted by Crippen LogP contribution is -2.52. The first-order valence-corrected chi connectivity index (χ1v) is 7.63. The van der Waals surface area contributed by atoms with Gasteiger partial charge < -0.3 is 15.0 Å². The highest BCUT2D eigenvalue weighted by Gasteiger charge is 2.33. The Morgan fingerprint density at radius 2 is 2.00 bits per heavy atom. The molecule has 0 bridgehead atoms. The first-order valence-electron chi connectivity index (χ1n) is 7.63. The second-order valence-electron chi connectivity index (χ2n) is 5.54. The summed E-state index contributed by atoms with van der Waals surface area (Å²) in [6, 6.07) is 8.27. The maximum Gasteiger partial charge on any atom is 0.326 e. The van der Waals surface area contributed by atoms with Crippen molar-refractivity contribution in [2.24, 2.45) is 0 Å². The Labute approximate surface area is 128 Å². The number of hydrogen-bond acceptors (Lipinski definition) is 4. The van der Waals surface area contributed by atoms with Gasteiger partial charge in [-0.25, -0.2) is 0 Å². The van der Waals surface area contributed by atoms with Gasteiger partial charge in [0.2, 0.25) is 0 Å². The van der Waals surface area contributed by atoms with E-state index >= 15 is 0 Å². The van der Waals surface area contributed by atoms with Crippen molar-refractivity contribution in [3.8, 4) is 0 Å². The molecule has 1 aromatic carbocycles. The molecule has 0 aliphatic carbocycles. The van der Waals surface area contributed by atoms with Gasteiger partial charge in [0.15, 0.2) is 0 Å². The molecule has 0 fully saturated rings. The van der Waals surface area contributed by atoms with Crippen LogP contribution in [-0.2, 0) is 9.53 Å². The number of nitrogens with one attached hydrogen (secondary N) is 1. The number of para-hydroxylation sites is 1. The second kappa shape index (κ2) is 8.03. The smallest absolute Gasteiger partial charge is 0.326 e. The normalized spacial score (nSPS) is 13.6. The Bertz CT molecular complexity index is 462. The van der Waals surface area contributed by atoms with Gasteiger partial charge in [-0.1, -0.05) is 25.1 Å². The summed E-state index contributed by atoms with van der Waals surface area (Å²) in [5, 5.41) is 3.26. The number of benzene rings is 1. The monoisotopic (exact) mass is 292 g/mol. The van der Waals surface area contributed by atoms with Crippen molar-refractivity contribution >= 4 is 11.7 Å². The summed E-state index contributed by atoms with van der Waals surface area (Å²) in [4.78, 5) is 14.4. The van der Waals surface area contributed by atoms with Crippen molar-refractivity contribution < 1.29 is 9.53 Å². The topological polar surface area (TPSA) is 41.6 Å². The fourth-order valence-corrected chi connectivity index (χ4v) is 2.45. The number of likely N-dealkylation sites (N-methyl/N-ethyl adjacent to an activating group) is 1. The molecule has 0 aliphatic rings. The lowest BCUT2D eigenvalue weighted by molar-refractivity contribution is -0.150. The Hall–Kier alpha value is -1.55. The maximum absolute atomic E-state index is 12.2. The van der Waals surface area contributed by atoms with E-state index in [9.17, 15) is 4.79 Å². The third-order valence-electron chi connectivity index (χ3n) is 3.77. The van der Waals surface area contributed by atoms with Gasteiger partial charge in [0.1, 0.15) is 5.54 Å². The number of esters is 1. The summed E-state index contributed by atoms with van der Waals surface area (Å²) in [5.41, 5.74) is 1.79. The summed E-state index contributed by atoms with van der Waals surface area (Å²) >= 11 is 0. The van der Waals surface area contributed by atoms with Crippen LogP contribution in [0, 0.1) is 6.92 Å². The van der Waals surface area contributed by atoms with E-state index in [2.05, 4.69) is 36.3 Å². The highest BCUT2D eigenvalue weighted by molar-refractivity contribution is 5.80. The first-order chi connectivity index (χ1) is 9.94. The predicted octanol–water partition coefficient (Wildman–Crippen LogP) is 2.75. The van der Waals surface area contributed by atoms with Crippen LogP contribution >= 0.6 is 0 Å². The van der Waals surface area contributed by atoms with Crippen LogP contribution < -0.4 is 10.2 Å². The average molecular weight is 292 g/mol. The number of aryl methyl sites for hydroxylation is 1. The number of hydrogen-bond donors (Lipinski definition) is 1. The van der Waals surface area contributed by atoms with E-state index in [1.165, 1.54) is 11.3 Å². The van der Waals surface area contributed by atoms with Crippen LogP contribution in [0.15, 0.2) is 24.3 Å². The van der Waals surface area contributed by atoms with Gasteiger partial charge in [0.25, 0.3) is 0 Å². The van der Waals surface area contributed by atoms with Crippen LogP contribution in [-0.4, -0.2) is 38.3 Å². The molecular formula is C17H28N2O2. The zero-order valence-electron chi connectivity index (χ0n) is 13.9. The molecule has 118 valence electrons. The number of rotatable bonds is 8. The fraction of sp³-hybridized carbons (Fsp3) is 0.588. The molecule has 0 aliphatic heterocycles. The molecule has 1 unspecified atom stereocenters. The zero-order valence-corrected chi connectivity index (χ0v) is 13.9. The van der Waals surface area contributed by atoms with Crippen molar-refractivity contribution in [3.63, 3.8) is 0 Å². The Morgan fingerprint density at radius 3 is 2.57 bits per heavy atom. The standard InChI is InChI=1S/C17H28N2O2/c1-6-18-17(4,16(20)21-7-2)12-13-19(5)15-11-9-8-10-14(15)3/h8-11,18H,6-7,12-13H2,1-5H3. The van der Waals surface area contributed by atoms with Crippen molar-refractivity contribution in [2.75, 3.05) is 31.6 Å². The van der Waals surface area contributed by atoms with Crippen LogP contribution in [0.3, 0.4) is 0 Å². The van der Waals surface area contributed by atoms with Crippen molar-refractivity contribution in [1.82, 2.24) is 5.32 Å². The van der Waals surface area contributed by atoms with Gasteiger partial charge in [-0.05, 0) is 45.4 Å². The van der Waals surface area contributed by atoms with Crippen molar-refractivity contribution in [3.05, 3.63) is 29.8 Å². The Morgan fingerprint density at radius 1 is 1.33 bits per heavy atom. The molecule has 0 saturated heterocycles. The lowest BCUT2D eigenvalue weighted by atomic mass is 9.97. The number of anilines is 1. The van der Waals surface area contributed by atoms with E-state index < -0.39 is 5.54 Å². The maximum atomic E-state index is 12.2. The molecule has 0 heterocycles. The second-order valence-corrected chi connectivity index (χ2v) is 5.54. The molecule has 21 heavy (non-hydrogen) atoms. The fourth-order valence-electron chi connectivity index (χ4n) is 2.45. The van der Waals surface area contributed by atoms with Crippen molar-refractivity contribution in [1.29, 1.82) is 0 Å². The lowest BCUT2D eigenvalue weighted by Gasteiger charge is -2.31. The largest absolute Gasteiger partial charge is 0.465 e. The summed E-state index contributed by atoms with van der Waals surface area (Å²) in [7, 11) is 2.06. The van der Waals surface area contributed by atoms with Crippen LogP contribution in [0.4, 0.5) is 5.69 Å². The van der Waals surface area contributed by atoms with Gasteiger partial charge >= 0.3 is 5.97 Å². The number of nitrogens with zero attached hydrogens (tertiary/aromatic N) is 1. The van der Waals surface area contributed by atoms with E-state index in [1.807, 2.05) is 32.9 Å². The molecule has 4 nitrogen and oxygen atoms in total. The third kappa shape index (κ3) is 4.74. The highest BCUT2D eigenvalue weighted by Crippen LogP contribution is 2.20. The quantitative estimate of drug-likeness (QED) is 0.748. The predicted molar refractivity (Wildman–Crippen MR) is 87.8 cm³/mol. The molecule has 1 aromatic rings. The summed E-state index contributed by atoms with van der Waals surface area (Å²) in [6.07, 6.45) is 0.699. The van der Waals surface area contributed by atoms with Crippen LogP contribution in [0.25, 0.3) is 0 Å². The molecule has 4 heteroatoms. The SMILES string of the molecule is CCNC(C)(CCN(C)c1ccccc1C)C(=O)OCC. The minimum Gasteiger partial charge on any atom is -0.465 e. The van der Waals surface area contributed by atoms with Crippen LogP contribution in [0.1, 0.15) is 32.8 Å². The molecule has 0 spiro atoms. The van der Waals surface area contributed by atoms with Gasteiger partial charge in [-0.3, -0.25) is 4.79 Å². The van der Waals surface area contributed by atoms with E-state index in [1.54, 1.807) is 0 Å². The van der Waals surface area contributed by atoms with E-state index in [0.29, 0.717) is 13.0 Å². The minimum absolute atomic E-state index is 0.176. The van der Waals surface area contributed by atoms with Gasteiger partial charge in [-0.15, -0.1) is 0 Å². The van der Waals surface area contributed by atoms with Gasteiger partial charge in [-0.2, -0.15) is 0 Å². The van der Waals surface area contributed by atoms with E-state index in [0.717, 1.165) is 13.1 Å². The molecule has 1 rings (SSSR count). The highest BCUT2D eigenvalue weighted by atomic mass is 16.5. The minimum atomic E-state index is -0.637. The summed E-state index contributed by atoms with van der Waals surface area (Å²) in [6.45, 7) is 9.79. The molecule has 0 aromatic heterocycles. The molecule has 1 atom stereocenters. The molecular weight excluding hydrogens is 264 g/mol. The molecule has 0 radical (unpaired) electrons. The molecule has 1 N–H and O–H groups in total. The average Bonchev–Trinajstić information content (AvgIpc) is 2.46. The van der Waals surface area contributed by atoms with Crippen molar-refractivity contribution in [2.45, 2.75) is 39.7 Å². The Kier molecular flexibility index (Phi) is 6.69. The summed E-state index contributed by atoms with van der Waals surface area (Å²) in [5.74, 6) is -0.176. The number of ether oxygens (including phenoxy) is 1. The van der Waals surface area contributed by atoms with Crippen LogP contribution in [0.2, 0.25) is 0 Å². The first kappa shape index (κ1) is 17.5.